The van der Waals surface area contributed by atoms with Crippen LogP contribution in [0.5, 0.6) is 5.75 Å². The average molecular weight is 276 g/mol. The molecule has 0 aliphatic rings. The van der Waals surface area contributed by atoms with E-state index in [0.29, 0.717) is 29.1 Å². The van der Waals surface area contributed by atoms with Crippen molar-refractivity contribution in [2.24, 2.45) is 0 Å². The summed E-state index contributed by atoms with van der Waals surface area (Å²) in [6, 6.07) is 4.32. The third-order valence-corrected chi connectivity index (χ3v) is 3.10. The van der Waals surface area contributed by atoms with Crippen LogP contribution in [-0.4, -0.2) is 22.7 Å². The number of nitrogens with zero attached hydrogens (tertiary/aromatic N) is 2. The van der Waals surface area contributed by atoms with Gasteiger partial charge in [-0.05, 0) is 37.1 Å². The van der Waals surface area contributed by atoms with E-state index in [1.807, 2.05) is 6.92 Å². The van der Waals surface area contributed by atoms with E-state index in [1.54, 1.807) is 17.7 Å². The van der Waals surface area contributed by atoms with Gasteiger partial charge in [0.2, 0.25) is 5.78 Å². The normalized spacial score (nSPS) is 10.6. The summed E-state index contributed by atoms with van der Waals surface area (Å²) in [6.45, 7) is 4.27. The summed E-state index contributed by atoms with van der Waals surface area (Å²) in [7, 11) is 1.50. The Morgan fingerprint density at radius 2 is 2.20 bits per heavy atom. The molecular weight excluding hydrogens is 259 g/mol. The summed E-state index contributed by atoms with van der Waals surface area (Å²) < 4.78 is 20.1. The average Bonchev–Trinajstić information content (AvgIpc) is 2.84. The van der Waals surface area contributed by atoms with E-state index in [2.05, 4.69) is 5.10 Å². The number of halogens is 1. The third-order valence-electron chi connectivity index (χ3n) is 3.10. The lowest BCUT2D eigenvalue weighted by Crippen LogP contribution is -2.13. The highest BCUT2D eigenvalue weighted by Gasteiger charge is 2.21. The number of hydrogen-bond acceptors (Lipinski definition) is 3. The molecule has 1 aromatic carbocycles. The van der Waals surface area contributed by atoms with Crippen LogP contribution in [0.4, 0.5) is 4.39 Å². The molecule has 0 N–H and O–H groups in total. The molecule has 20 heavy (non-hydrogen) atoms. The number of carbonyl (C=O) groups is 1. The number of carbonyl (C=O) groups excluding carboxylic acids is 1. The maximum absolute atomic E-state index is 13.3. The largest absolute Gasteiger partial charge is 0.493 e. The van der Waals surface area contributed by atoms with Gasteiger partial charge in [0, 0.05) is 12.1 Å². The molecule has 0 radical (unpaired) electrons. The van der Waals surface area contributed by atoms with Crippen LogP contribution >= 0.6 is 0 Å². The van der Waals surface area contributed by atoms with Gasteiger partial charge in [-0.15, -0.1) is 0 Å². The zero-order valence-corrected chi connectivity index (χ0v) is 11.8. The minimum Gasteiger partial charge on any atom is -0.493 e. The van der Waals surface area contributed by atoms with Crippen LogP contribution in [0.2, 0.25) is 0 Å². The highest BCUT2D eigenvalue weighted by Crippen LogP contribution is 2.22. The number of methoxy groups -OCH3 is 1. The van der Waals surface area contributed by atoms with Gasteiger partial charge in [-0.2, -0.15) is 5.10 Å². The number of rotatable bonds is 5. The standard InChI is InChI=1S/C15H17FN2O2/c1-4-7-18-14(13(20-3)9-17-18)15(19)11-5-6-12(16)10(2)8-11/h5-6,8-9H,4,7H2,1-3H3. The fourth-order valence-corrected chi connectivity index (χ4v) is 2.05. The molecule has 106 valence electrons. The Bertz CT molecular complexity index is 635. The van der Waals surface area contributed by atoms with Crippen molar-refractivity contribution < 1.29 is 13.9 Å². The second-order valence-electron chi connectivity index (χ2n) is 4.58. The predicted octanol–water partition coefficient (Wildman–Crippen LogP) is 2.98. The first-order valence-corrected chi connectivity index (χ1v) is 6.49. The molecule has 0 spiro atoms. The maximum atomic E-state index is 13.3. The molecule has 0 saturated carbocycles. The van der Waals surface area contributed by atoms with Gasteiger partial charge in [-0.3, -0.25) is 9.48 Å². The van der Waals surface area contributed by atoms with Crippen LogP contribution in [-0.2, 0) is 6.54 Å². The van der Waals surface area contributed by atoms with E-state index in [4.69, 9.17) is 4.74 Å². The molecule has 0 bridgehead atoms. The topological polar surface area (TPSA) is 44.1 Å². The summed E-state index contributed by atoms with van der Waals surface area (Å²) in [4.78, 5) is 12.6. The van der Waals surface area contributed by atoms with Crippen LogP contribution in [0.15, 0.2) is 24.4 Å². The molecule has 0 unspecified atom stereocenters. The number of benzene rings is 1. The summed E-state index contributed by atoms with van der Waals surface area (Å²) in [6.07, 6.45) is 2.38. The van der Waals surface area contributed by atoms with E-state index in [-0.39, 0.29) is 11.6 Å². The van der Waals surface area contributed by atoms with E-state index < -0.39 is 0 Å². The Kier molecular flexibility index (Phi) is 4.17. The number of aryl methyl sites for hydroxylation is 2. The molecule has 0 aliphatic heterocycles. The number of ether oxygens (including phenoxy) is 1. The number of aromatic nitrogens is 2. The zero-order valence-electron chi connectivity index (χ0n) is 11.8. The van der Waals surface area contributed by atoms with Crippen LogP contribution in [0, 0.1) is 12.7 Å². The first kappa shape index (κ1) is 14.2. The van der Waals surface area contributed by atoms with Gasteiger partial charge in [0.25, 0.3) is 0 Å². The van der Waals surface area contributed by atoms with Crippen LogP contribution in [0.25, 0.3) is 0 Å². The molecule has 1 heterocycles. The van der Waals surface area contributed by atoms with Crippen molar-refractivity contribution in [2.75, 3.05) is 7.11 Å². The summed E-state index contributed by atoms with van der Waals surface area (Å²) >= 11 is 0. The van der Waals surface area contributed by atoms with Crippen molar-refractivity contribution in [3.63, 3.8) is 0 Å². The van der Waals surface area contributed by atoms with Crippen molar-refractivity contribution in [3.05, 3.63) is 47.0 Å². The van der Waals surface area contributed by atoms with Crippen LogP contribution in [0.3, 0.4) is 0 Å². The zero-order chi connectivity index (χ0) is 14.7. The first-order valence-electron chi connectivity index (χ1n) is 6.49. The van der Waals surface area contributed by atoms with Crippen molar-refractivity contribution >= 4 is 5.78 Å². The minimum atomic E-state index is -0.324. The quantitative estimate of drug-likeness (QED) is 0.789. The molecule has 2 aromatic rings. The van der Waals surface area contributed by atoms with Gasteiger partial charge in [0.15, 0.2) is 11.4 Å². The molecule has 0 saturated heterocycles. The molecule has 0 aliphatic carbocycles. The predicted molar refractivity (Wildman–Crippen MR) is 73.6 cm³/mol. The van der Waals surface area contributed by atoms with Crippen molar-refractivity contribution in [2.45, 2.75) is 26.8 Å². The Morgan fingerprint density at radius 3 is 2.80 bits per heavy atom. The van der Waals surface area contributed by atoms with E-state index in [1.165, 1.54) is 25.4 Å². The smallest absolute Gasteiger partial charge is 0.214 e. The molecule has 2 rings (SSSR count). The third kappa shape index (κ3) is 2.57. The lowest BCUT2D eigenvalue weighted by atomic mass is 10.0. The Morgan fingerprint density at radius 1 is 1.45 bits per heavy atom. The van der Waals surface area contributed by atoms with Gasteiger partial charge in [0.05, 0.1) is 13.3 Å². The lowest BCUT2D eigenvalue weighted by molar-refractivity contribution is 0.102. The van der Waals surface area contributed by atoms with Crippen LogP contribution in [0.1, 0.15) is 35.0 Å². The van der Waals surface area contributed by atoms with Gasteiger partial charge < -0.3 is 4.74 Å². The van der Waals surface area contributed by atoms with Gasteiger partial charge in [-0.25, -0.2) is 4.39 Å². The summed E-state index contributed by atoms with van der Waals surface area (Å²) in [5, 5.41) is 4.16. The van der Waals surface area contributed by atoms with E-state index in [0.717, 1.165) is 6.42 Å². The van der Waals surface area contributed by atoms with Crippen LogP contribution < -0.4 is 4.74 Å². The lowest BCUT2D eigenvalue weighted by Gasteiger charge is -2.08. The summed E-state index contributed by atoms with van der Waals surface area (Å²) in [5.41, 5.74) is 1.27. The molecule has 0 fully saturated rings. The fraction of sp³-hybridized carbons (Fsp3) is 0.333. The monoisotopic (exact) mass is 276 g/mol. The Labute approximate surface area is 117 Å². The van der Waals surface area contributed by atoms with Crippen molar-refractivity contribution in [1.82, 2.24) is 9.78 Å². The van der Waals surface area contributed by atoms with Gasteiger partial charge in [-0.1, -0.05) is 6.92 Å². The molecule has 0 atom stereocenters. The molecular formula is C15H17FN2O2. The van der Waals surface area contributed by atoms with Crippen molar-refractivity contribution in [1.29, 1.82) is 0 Å². The van der Waals surface area contributed by atoms with E-state index in [9.17, 15) is 9.18 Å². The maximum Gasteiger partial charge on any atom is 0.214 e. The Hall–Kier alpha value is -2.17. The molecule has 5 heteroatoms. The number of hydrogen-bond donors (Lipinski definition) is 0. The SMILES string of the molecule is CCCn1ncc(OC)c1C(=O)c1ccc(F)c(C)c1. The molecule has 1 aromatic heterocycles. The second-order valence-corrected chi connectivity index (χ2v) is 4.58. The second kappa shape index (κ2) is 5.86. The van der Waals surface area contributed by atoms with Gasteiger partial charge >= 0.3 is 0 Å². The molecule has 0 amide bonds. The first-order chi connectivity index (χ1) is 9.58. The highest BCUT2D eigenvalue weighted by atomic mass is 19.1. The number of ketones is 1. The Balaban J connectivity index is 2.46. The highest BCUT2D eigenvalue weighted by molar-refractivity contribution is 6.09. The van der Waals surface area contributed by atoms with Crippen molar-refractivity contribution in [3.8, 4) is 5.75 Å². The minimum absolute atomic E-state index is 0.212. The van der Waals surface area contributed by atoms with Gasteiger partial charge in [0.1, 0.15) is 5.82 Å². The van der Waals surface area contributed by atoms with E-state index >= 15 is 0 Å². The summed E-state index contributed by atoms with van der Waals surface area (Å²) in [5.74, 6) is -0.100. The fourth-order valence-electron chi connectivity index (χ4n) is 2.05. The molecule has 4 nitrogen and oxygen atoms in total.